The monoisotopic (exact) mass is 484 g/mol. The zero-order chi connectivity index (χ0) is 24.0. The highest BCUT2D eigenvalue weighted by atomic mass is 35.5. The van der Waals surface area contributed by atoms with Crippen molar-refractivity contribution in [3.63, 3.8) is 0 Å². The van der Waals surface area contributed by atoms with Crippen molar-refractivity contribution in [1.29, 1.82) is 5.26 Å². The summed E-state index contributed by atoms with van der Waals surface area (Å²) in [6, 6.07) is 3.97. The second kappa shape index (κ2) is 8.58. The molecule has 3 aromatic rings. The average molecular weight is 485 g/mol. The van der Waals surface area contributed by atoms with Crippen LogP contribution in [-0.4, -0.2) is 45.8 Å². The van der Waals surface area contributed by atoms with Gasteiger partial charge in [-0.3, -0.25) is 4.79 Å². The lowest BCUT2D eigenvalue weighted by Crippen LogP contribution is -2.54. The quantitative estimate of drug-likeness (QED) is 0.412. The van der Waals surface area contributed by atoms with Crippen LogP contribution in [0, 0.1) is 23.1 Å². The van der Waals surface area contributed by atoms with Crippen molar-refractivity contribution in [2.75, 3.05) is 48.0 Å². The van der Waals surface area contributed by atoms with Gasteiger partial charge in [-0.1, -0.05) is 11.6 Å². The van der Waals surface area contributed by atoms with E-state index in [1.165, 1.54) is 16.8 Å². The van der Waals surface area contributed by atoms with Gasteiger partial charge in [-0.2, -0.15) is 15.2 Å². The van der Waals surface area contributed by atoms with Gasteiger partial charge in [-0.05, 0) is 30.9 Å². The Kier molecular flexibility index (Phi) is 5.59. The first-order valence-electron chi connectivity index (χ1n) is 10.8. The molecule has 2 aliphatic rings. The van der Waals surface area contributed by atoms with Crippen LogP contribution in [0.5, 0.6) is 0 Å². The van der Waals surface area contributed by atoms with E-state index in [9.17, 15) is 14.4 Å². The van der Waals surface area contributed by atoms with E-state index in [-0.39, 0.29) is 45.0 Å². The molecule has 1 aromatic carbocycles. The van der Waals surface area contributed by atoms with Crippen molar-refractivity contribution in [1.82, 2.24) is 24.9 Å². The Morgan fingerprint density at radius 3 is 2.65 bits per heavy atom. The number of nitriles is 1. The van der Waals surface area contributed by atoms with E-state index in [0.29, 0.717) is 32.0 Å². The molecule has 2 fully saturated rings. The number of halogens is 2. The zero-order valence-corrected chi connectivity index (χ0v) is 18.8. The number of benzene rings is 1. The minimum atomic E-state index is -0.645. The fourth-order valence-corrected chi connectivity index (χ4v) is 4.47. The molecule has 13 heteroatoms. The van der Waals surface area contributed by atoms with Crippen molar-refractivity contribution in [2.24, 2.45) is 5.92 Å². The third-order valence-electron chi connectivity index (χ3n) is 6.03. The molecule has 1 saturated heterocycles. The lowest BCUT2D eigenvalue weighted by molar-refractivity contribution is 0.449. The summed E-state index contributed by atoms with van der Waals surface area (Å²) in [5.41, 5.74) is 11.1. The molecule has 2 aromatic heterocycles. The SMILES string of the molecule is N#Cc1c(N)nc(N)nc1NC(c1nc2c(F)ccc(Cl)c2c(=O)n1N1CCNCC1)C1CC1. The Hall–Kier alpha value is -3.69. The topological polar surface area (TPSA) is 164 Å². The van der Waals surface area contributed by atoms with Crippen LogP contribution in [0.4, 0.5) is 22.0 Å². The van der Waals surface area contributed by atoms with E-state index >= 15 is 0 Å². The summed E-state index contributed by atoms with van der Waals surface area (Å²) >= 11 is 6.31. The minimum Gasteiger partial charge on any atom is -0.382 e. The van der Waals surface area contributed by atoms with Crippen LogP contribution in [0.3, 0.4) is 0 Å². The minimum absolute atomic E-state index is 0.0201. The molecule has 0 spiro atoms. The van der Waals surface area contributed by atoms with Crippen molar-refractivity contribution >= 4 is 40.1 Å². The van der Waals surface area contributed by atoms with E-state index < -0.39 is 17.4 Å². The molecule has 6 N–H and O–H groups in total. The Balaban J connectivity index is 1.73. The van der Waals surface area contributed by atoms with Gasteiger partial charge < -0.3 is 27.1 Å². The third-order valence-corrected chi connectivity index (χ3v) is 6.35. The summed E-state index contributed by atoms with van der Waals surface area (Å²) < 4.78 is 16.3. The molecule has 0 bridgehead atoms. The number of nitrogens with zero attached hydrogens (tertiary/aromatic N) is 6. The van der Waals surface area contributed by atoms with Crippen LogP contribution in [0.15, 0.2) is 16.9 Å². The molecule has 1 aliphatic heterocycles. The van der Waals surface area contributed by atoms with Gasteiger partial charge >= 0.3 is 0 Å². The van der Waals surface area contributed by atoms with Gasteiger partial charge in [-0.15, -0.1) is 0 Å². The maximum Gasteiger partial charge on any atom is 0.281 e. The van der Waals surface area contributed by atoms with Crippen molar-refractivity contribution < 1.29 is 4.39 Å². The molecule has 0 amide bonds. The van der Waals surface area contributed by atoms with Gasteiger partial charge in [-0.25, -0.2) is 14.1 Å². The lowest BCUT2D eigenvalue weighted by atomic mass is 10.1. The number of nitrogen functional groups attached to an aromatic ring is 2. The first-order valence-corrected chi connectivity index (χ1v) is 11.2. The van der Waals surface area contributed by atoms with E-state index in [1.54, 1.807) is 0 Å². The molecule has 34 heavy (non-hydrogen) atoms. The van der Waals surface area contributed by atoms with Gasteiger partial charge in [0.2, 0.25) is 5.95 Å². The largest absolute Gasteiger partial charge is 0.382 e. The van der Waals surface area contributed by atoms with Crippen LogP contribution >= 0.6 is 11.6 Å². The second-order valence-electron chi connectivity index (χ2n) is 8.31. The number of nitrogens with two attached hydrogens (primary N) is 2. The van der Waals surface area contributed by atoms with Crippen molar-refractivity contribution in [3.8, 4) is 6.07 Å². The molecule has 176 valence electrons. The summed E-state index contributed by atoms with van der Waals surface area (Å²) in [4.78, 5) is 26.3. The Morgan fingerprint density at radius 2 is 1.97 bits per heavy atom. The summed E-state index contributed by atoms with van der Waals surface area (Å²) in [5, 5.41) is 18.1. The Bertz CT molecular complexity index is 1380. The first kappa shape index (κ1) is 22.1. The first-order chi connectivity index (χ1) is 16.4. The van der Waals surface area contributed by atoms with Crippen LogP contribution in [-0.2, 0) is 0 Å². The summed E-state index contributed by atoms with van der Waals surface area (Å²) in [6.07, 6.45) is 1.70. The zero-order valence-electron chi connectivity index (χ0n) is 18.1. The summed E-state index contributed by atoms with van der Waals surface area (Å²) in [7, 11) is 0. The van der Waals surface area contributed by atoms with Gasteiger partial charge in [0.15, 0.2) is 11.6 Å². The van der Waals surface area contributed by atoms with Crippen LogP contribution < -0.4 is 32.7 Å². The maximum absolute atomic E-state index is 14.8. The number of fused-ring (bicyclic) bond motifs is 1. The molecule has 3 heterocycles. The average Bonchev–Trinajstić information content (AvgIpc) is 3.65. The maximum atomic E-state index is 14.8. The number of aromatic nitrogens is 4. The highest BCUT2D eigenvalue weighted by molar-refractivity contribution is 6.35. The summed E-state index contributed by atoms with van der Waals surface area (Å²) in [6.45, 7) is 2.42. The number of hydrogen-bond acceptors (Lipinski definition) is 10. The van der Waals surface area contributed by atoms with Gasteiger partial charge in [0.25, 0.3) is 5.56 Å². The standard InChI is InChI=1S/C21H22ClFN10O/c22-12-3-4-13(23)16-14(12)20(34)33(32-7-5-27-6-8-32)19(29-16)15(10-1-2-10)28-18-11(9-24)17(25)30-21(26)31-18/h3-4,10,15,27H,1-2,5-8H2,(H5,25,26,28,30,31). The van der Waals surface area contributed by atoms with Crippen LogP contribution in [0.25, 0.3) is 10.9 Å². The van der Waals surface area contributed by atoms with E-state index in [0.717, 1.165) is 12.8 Å². The molecular weight excluding hydrogens is 463 g/mol. The summed E-state index contributed by atoms with van der Waals surface area (Å²) in [5.74, 6) is -0.286. The number of anilines is 3. The molecule has 1 atom stereocenters. The number of rotatable bonds is 5. The Labute approximate surface area is 198 Å². The molecule has 1 saturated carbocycles. The molecule has 0 radical (unpaired) electrons. The molecular formula is C21H22ClFN10O. The predicted molar refractivity (Wildman–Crippen MR) is 126 cm³/mol. The second-order valence-corrected chi connectivity index (χ2v) is 8.71. The molecule has 11 nitrogen and oxygen atoms in total. The molecule has 1 unspecified atom stereocenters. The van der Waals surface area contributed by atoms with Gasteiger partial charge in [0.05, 0.1) is 16.5 Å². The van der Waals surface area contributed by atoms with Crippen molar-refractivity contribution in [2.45, 2.75) is 18.9 Å². The fourth-order valence-electron chi connectivity index (χ4n) is 4.23. The number of hydrogen-bond donors (Lipinski definition) is 4. The van der Waals surface area contributed by atoms with E-state index in [4.69, 9.17) is 23.1 Å². The number of piperazine rings is 1. The number of nitrogens with one attached hydrogen (secondary N) is 2. The lowest BCUT2D eigenvalue weighted by Gasteiger charge is -2.34. The normalized spacial score (nSPS) is 16.9. The fraction of sp³-hybridized carbons (Fsp3) is 0.381. The van der Waals surface area contributed by atoms with Gasteiger partial charge in [0.1, 0.15) is 28.8 Å². The highest BCUT2D eigenvalue weighted by Crippen LogP contribution is 2.43. The highest BCUT2D eigenvalue weighted by Gasteiger charge is 2.38. The van der Waals surface area contributed by atoms with Crippen molar-refractivity contribution in [3.05, 3.63) is 44.7 Å². The molecule has 1 aliphatic carbocycles. The Morgan fingerprint density at radius 1 is 1.24 bits per heavy atom. The van der Waals surface area contributed by atoms with Crippen LogP contribution in [0.2, 0.25) is 5.02 Å². The third kappa shape index (κ3) is 3.82. The van der Waals surface area contributed by atoms with Crippen LogP contribution in [0.1, 0.15) is 30.3 Å². The van der Waals surface area contributed by atoms with E-state index in [2.05, 4.69) is 25.6 Å². The van der Waals surface area contributed by atoms with Gasteiger partial charge in [0, 0.05) is 26.2 Å². The molecule has 5 rings (SSSR count). The predicted octanol–water partition coefficient (Wildman–Crippen LogP) is 1.12. The van der Waals surface area contributed by atoms with E-state index in [1.807, 2.05) is 11.1 Å². The smallest absolute Gasteiger partial charge is 0.281 e.